The van der Waals surface area contributed by atoms with Crippen molar-refractivity contribution in [1.82, 2.24) is 0 Å². The molecule has 1 aliphatic carbocycles. The van der Waals surface area contributed by atoms with E-state index in [1.165, 1.54) is 26.0 Å². The standard InChI is InChI=1S/C17H24O7/c1-9(2)14-13(23-11(4)20)7-12(8-19)15(21)16(14)24-17(22)10(3)5-6-18/h5,7,9,13-14,16,18-19H,6,8H2,1-4H3/t13-,14-,16+/m1/s1. The Morgan fingerprint density at radius 2 is 1.88 bits per heavy atom. The number of esters is 2. The number of carbonyl (C=O) groups is 3. The van der Waals surface area contributed by atoms with Gasteiger partial charge < -0.3 is 19.7 Å². The topological polar surface area (TPSA) is 110 Å². The summed E-state index contributed by atoms with van der Waals surface area (Å²) < 4.78 is 10.6. The molecule has 0 aromatic rings. The Bertz CT molecular complexity index is 559. The van der Waals surface area contributed by atoms with Gasteiger partial charge in [-0.2, -0.15) is 0 Å². The number of hydrogen-bond donors (Lipinski definition) is 2. The first-order chi connectivity index (χ1) is 11.2. The Labute approximate surface area is 140 Å². The number of Topliss-reactive ketones (excluding diaryl/α,β-unsaturated/α-hetero) is 1. The Balaban J connectivity index is 3.20. The molecule has 24 heavy (non-hydrogen) atoms. The quantitative estimate of drug-likeness (QED) is 0.536. The van der Waals surface area contributed by atoms with Gasteiger partial charge in [0, 0.05) is 24.0 Å². The number of hydrogen-bond acceptors (Lipinski definition) is 7. The molecule has 0 unspecified atom stereocenters. The summed E-state index contributed by atoms with van der Waals surface area (Å²) in [6.45, 7) is 5.48. The maximum atomic E-state index is 12.5. The van der Waals surface area contributed by atoms with Crippen LogP contribution < -0.4 is 0 Å². The molecule has 3 atom stereocenters. The van der Waals surface area contributed by atoms with Gasteiger partial charge in [-0.05, 0) is 25.0 Å². The first-order valence-corrected chi connectivity index (χ1v) is 7.74. The van der Waals surface area contributed by atoms with Gasteiger partial charge in [-0.15, -0.1) is 0 Å². The minimum atomic E-state index is -1.17. The molecule has 0 bridgehead atoms. The van der Waals surface area contributed by atoms with E-state index in [1.807, 2.05) is 13.8 Å². The fourth-order valence-electron chi connectivity index (χ4n) is 2.65. The van der Waals surface area contributed by atoms with Gasteiger partial charge in [-0.25, -0.2) is 4.79 Å². The van der Waals surface area contributed by atoms with E-state index in [2.05, 4.69) is 0 Å². The number of ether oxygens (including phenoxy) is 2. The molecule has 0 aromatic heterocycles. The third-order valence-corrected chi connectivity index (χ3v) is 3.86. The van der Waals surface area contributed by atoms with E-state index >= 15 is 0 Å². The molecule has 0 saturated carbocycles. The van der Waals surface area contributed by atoms with E-state index in [1.54, 1.807) is 0 Å². The molecule has 0 fully saturated rings. The Morgan fingerprint density at radius 3 is 2.33 bits per heavy atom. The molecule has 1 rings (SSSR count). The van der Waals surface area contributed by atoms with Crippen LogP contribution in [0.1, 0.15) is 27.7 Å². The van der Waals surface area contributed by atoms with Gasteiger partial charge in [0.15, 0.2) is 6.10 Å². The molecular weight excluding hydrogens is 316 g/mol. The highest BCUT2D eigenvalue weighted by atomic mass is 16.6. The third kappa shape index (κ3) is 4.75. The maximum absolute atomic E-state index is 12.5. The molecule has 0 radical (unpaired) electrons. The fourth-order valence-corrected chi connectivity index (χ4v) is 2.65. The van der Waals surface area contributed by atoms with E-state index < -0.39 is 42.5 Å². The van der Waals surface area contributed by atoms with Gasteiger partial charge in [0.25, 0.3) is 0 Å². The van der Waals surface area contributed by atoms with Crippen LogP contribution in [0.4, 0.5) is 0 Å². The van der Waals surface area contributed by atoms with Crippen LogP contribution in [0.15, 0.2) is 23.3 Å². The van der Waals surface area contributed by atoms with Crippen molar-refractivity contribution < 1.29 is 34.1 Å². The summed E-state index contributed by atoms with van der Waals surface area (Å²) >= 11 is 0. The number of carbonyl (C=O) groups excluding carboxylic acids is 3. The second kappa shape index (κ2) is 8.75. The van der Waals surface area contributed by atoms with Crippen molar-refractivity contribution in [3.63, 3.8) is 0 Å². The average Bonchev–Trinajstić information content (AvgIpc) is 2.49. The van der Waals surface area contributed by atoms with E-state index in [4.69, 9.17) is 14.6 Å². The van der Waals surface area contributed by atoms with E-state index in [-0.39, 0.29) is 23.7 Å². The average molecular weight is 340 g/mol. The Hall–Kier alpha value is -1.99. The van der Waals surface area contributed by atoms with Crippen LogP contribution >= 0.6 is 0 Å². The van der Waals surface area contributed by atoms with Gasteiger partial charge in [0.2, 0.25) is 5.78 Å². The van der Waals surface area contributed by atoms with E-state index in [0.717, 1.165) is 0 Å². The predicted molar refractivity (Wildman–Crippen MR) is 84.8 cm³/mol. The Kier molecular flexibility index (Phi) is 7.31. The van der Waals surface area contributed by atoms with Gasteiger partial charge in [-0.3, -0.25) is 9.59 Å². The first-order valence-electron chi connectivity index (χ1n) is 7.74. The summed E-state index contributed by atoms with van der Waals surface area (Å²) in [7, 11) is 0. The summed E-state index contributed by atoms with van der Waals surface area (Å²) in [5.74, 6) is -2.48. The monoisotopic (exact) mass is 340 g/mol. The highest BCUT2D eigenvalue weighted by molar-refractivity contribution is 6.02. The van der Waals surface area contributed by atoms with Crippen LogP contribution in [0.3, 0.4) is 0 Å². The summed E-state index contributed by atoms with van der Waals surface area (Å²) in [6, 6.07) is 0. The van der Waals surface area contributed by atoms with Gasteiger partial charge >= 0.3 is 11.9 Å². The van der Waals surface area contributed by atoms with Crippen LogP contribution in [0.25, 0.3) is 0 Å². The molecule has 0 aromatic carbocycles. The molecule has 0 aliphatic heterocycles. The summed E-state index contributed by atoms with van der Waals surface area (Å²) in [6.07, 6.45) is 0.736. The molecule has 1 aliphatic rings. The van der Waals surface area contributed by atoms with Crippen molar-refractivity contribution in [2.75, 3.05) is 13.2 Å². The molecule has 0 amide bonds. The highest BCUT2D eigenvalue weighted by Gasteiger charge is 2.44. The lowest BCUT2D eigenvalue weighted by Crippen LogP contribution is -2.48. The van der Waals surface area contributed by atoms with Crippen molar-refractivity contribution in [2.45, 2.75) is 39.9 Å². The molecule has 0 spiro atoms. The zero-order valence-electron chi connectivity index (χ0n) is 14.3. The Morgan fingerprint density at radius 1 is 1.25 bits per heavy atom. The normalized spacial score (nSPS) is 24.6. The summed E-state index contributed by atoms with van der Waals surface area (Å²) in [5.41, 5.74) is 0.205. The van der Waals surface area contributed by atoms with Gasteiger partial charge in [0.05, 0.1) is 13.2 Å². The maximum Gasteiger partial charge on any atom is 0.334 e. The van der Waals surface area contributed by atoms with Crippen LogP contribution in [0, 0.1) is 11.8 Å². The number of rotatable bonds is 6. The largest absolute Gasteiger partial charge is 0.458 e. The zero-order valence-corrected chi connectivity index (χ0v) is 14.3. The first kappa shape index (κ1) is 20.1. The lowest BCUT2D eigenvalue weighted by molar-refractivity contribution is -0.164. The molecular formula is C17H24O7. The van der Waals surface area contributed by atoms with Crippen molar-refractivity contribution in [3.8, 4) is 0 Å². The fraction of sp³-hybridized carbons (Fsp3) is 0.588. The van der Waals surface area contributed by atoms with E-state index in [0.29, 0.717) is 0 Å². The van der Waals surface area contributed by atoms with Crippen molar-refractivity contribution in [2.24, 2.45) is 11.8 Å². The van der Waals surface area contributed by atoms with E-state index in [9.17, 15) is 19.5 Å². The highest BCUT2D eigenvalue weighted by Crippen LogP contribution is 2.32. The van der Waals surface area contributed by atoms with Crippen molar-refractivity contribution >= 4 is 17.7 Å². The summed E-state index contributed by atoms with van der Waals surface area (Å²) in [4.78, 5) is 35.9. The smallest absolute Gasteiger partial charge is 0.334 e. The predicted octanol–water partition coefficient (Wildman–Crippen LogP) is 0.542. The van der Waals surface area contributed by atoms with Crippen LogP contribution in [0.5, 0.6) is 0 Å². The second-order valence-corrected chi connectivity index (χ2v) is 6.01. The molecule has 7 nitrogen and oxygen atoms in total. The zero-order chi connectivity index (χ0) is 18.4. The minimum absolute atomic E-state index is 0.0414. The SMILES string of the molecule is CC(=O)O[C@@H]1C=C(CO)C(=O)[C@@H](OC(=O)C(C)=CCO)[C@@H]1C(C)C. The molecule has 0 saturated heterocycles. The molecule has 7 heteroatoms. The number of ketones is 1. The number of aliphatic hydroxyl groups is 2. The lowest BCUT2D eigenvalue weighted by Gasteiger charge is -2.37. The van der Waals surface area contributed by atoms with Gasteiger partial charge in [0.1, 0.15) is 6.10 Å². The molecule has 134 valence electrons. The molecule has 2 N–H and O–H groups in total. The van der Waals surface area contributed by atoms with Crippen molar-refractivity contribution in [3.05, 3.63) is 23.3 Å². The second-order valence-electron chi connectivity index (χ2n) is 6.01. The number of aliphatic hydroxyl groups excluding tert-OH is 2. The lowest BCUT2D eigenvalue weighted by atomic mass is 9.77. The molecule has 0 heterocycles. The van der Waals surface area contributed by atoms with Crippen LogP contribution in [-0.2, 0) is 23.9 Å². The van der Waals surface area contributed by atoms with Crippen LogP contribution in [0.2, 0.25) is 0 Å². The van der Waals surface area contributed by atoms with Crippen molar-refractivity contribution in [1.29, 1.82) is 0 Å². The third-order valence-electron chi connectivity index (χ3n) is 3.86. The van der Waals surface area contributed by atoms with Gasteiger partial charge in [-0.1, -0.05) is 13.8 Å². The summed E-state index contributed by atoms with van der Waals surface area (Å²) in [5, 5.41) is 18.2. The minimum Gasteiger partial charge on any atom is -0.458 e. The van der Waals surface area contributed by atoms with Crippen LogP contribution in [-0.4, -0.2) is 53.4 Å².